The summed E-state index contributed by atoms with van der Waals surface area (Å²) in [5.41, 5.74) is 1.94. The SMILES string of the molecule is O=C(O[C@@H](CCCl)C(=O)c1ccc(F)cc1)c1ccc(N2C(=O)[C@@H]3CC[C@@H](c4ccccc4)C[C@H]3C2=O)cc1. The minimum atomic E-state index is -1.14. The minimum Gasteiger partial charge on any atom is -0.450 e. The number of carbonyl (C=O) groups excluding carboxylic acids is 4. The second-order valence-electron chi connectivity index (χ2n) is 9.94. The molecule has 1 aliphatic heterocycles. The van der Waals surface area contributed by atoms with Crippen LogP contribution < -0.4 is 4.90 Å². The number of imide groups is 1. The predicted molar refractivity (Wildman–Crippen MR) is 144 cm³/mol. The molecule has 3 aromatic rings. The minimum absolute atomic E-state index is 0.0798. The fourth-order valence-corrected chi connectivity index (χ4v) is 5.75. The summed E-state index contributed by atoms with van der Waals surface area (Å²) in [6.45, 7) is 0. The molecule has 1 saturated heterocycles. The van der Waals surface area contributed by atoms with E-state index in [9.17, 15) is 23.6 Å². The Morgan fingerprint density at radius 3 is 2.18 bits per heavy atom. The molecule has 8 heteroatoms. The molecule has 6 nitrogen and oxygen atoms in total. The fourth-order valence-electron chi connectivity index (χ4n) is 5.55. The zero-order chi connectivity index (χ0) is 27.5. The summed E-state index contributed by atoms with van der Waals surface area (Å²) in [6, 6.07) is 21.0. The van der Waals surface area contributed by atoms with Gasteiger partial charge in [0.05, 0.1) is 23.1 Å². The molecule has 3 aromatic carbocycles. The first-order valence-electron chi connectivity index (χ1n) is 13.0. The number of hydrogen-bond acceptors (Lipinski definition) is 5. The largest absolute Gasteiger partial charge is 0.450 e. The Morgan fingerprint density at radius 1 is 0.872 bits per heavy atom. The van der Waals surface area contributed by atoms with Crippen molar-refractivity contribution in [2.24, 2.45) is 11.8 Å². The number of esters is 1. The molecular weight excluding hydrogens is 521 g/mol. The van der Waals surface area contributed by atoms with Crippen molar-refractivity contribution in [3.63, 3.8) is 0 Å². The van der Waals surface area contributed by atoms with Crippen molar-refractivity contribution in [2.75, 3.05) is 10.8 Å². The van der Waals surface area contributed by atoms with Gasteiger partial charge in [-0.15, -0.1) is 11.6 Å². The molecule has 0 unspecified atom stereocenters. The molecule has 0 bridgehead atoms. The van der Waals surface area contributed by atoms with E-state index >= 15 is 0 Å². The molecular formula is C31H27ClFNO5. The summed E-state index contributed by atoms with van der Waals surface area (Å²) in [5, 5.41) is 0. The summed E-state index contributed by atoms with van der Waals surface area (Å²) < 4.78 is 18.7. The third kappa shape index (κ3) is 5.50. The van der Waals surface area contributed by atoms with Gasteiger partial charge in [0.15, 0.2) is 6.10 Å². The van der Waals surface area contributed by atoms with E-state index in [2.05, 4.69) is 12.1 Å². The molecule has 200 valence electrons. The molecule has 2 amide bonds. The normalized spacial score (nSPS) is 21.4. The van der Waals surface area contributed by atoms with Crippen LogP contribution in [0, 0.1) is 17.7 Å². The molecule has 0 spiro atoms. The van der Waals surface area contributed by atoms with Gasteiger partial charge in [-0.2, -0.15) is 0 Å². The highest BCUT2D eigenvalue weighted by Gasteiger charge is 2.50. The lowest BCUT2D eigenvalue weighted by molar-refractivity contribution is -0.122. The van der Waals surface area contributed by atoms with E-state index in [1.807, 2.05) is 18.2 Å². The molecule has 1 aliphatic carbocycles. The molecule has 2 fully saturated rings. The van der Waals surface area contributed by atoms with Gasteiger partial charge in [0, 0.05) is 17.9 Å². The molecule has 1 saturated carbocycles. The summed E-state index contributed by atoms with van der Waals surface area (Å²) in [4.78, 5) is 53.4. The molecule has 39 heavy (non-hydrogen) atoms. The molecule has 0 N–H and O–H groups in total. The van der Waals surface area contributed by atoms with Gasteiger partial charge in [-0.1, -0.05) is 30.3 Å². The van der Waals surface area contributed by atoms with Gasteiger partial charge in [0.1, 0.15) is 5.82 Å². The third-order valence-corrected chi connectivity index (χ3v) is 7.82. The first-order valence-corrected chi connectivity index (χ1v) is 13.5. The van der Waals surface area contributed by atoms with E-state index < -0.39 is 23.7 Å². The molecule has 5 rings (SSSR count). The highest BCUT2D eigenvalue weighted by molar-refractivity contribution is 6.22. The van der Waals surface area contributed by atoms with E-state index in [4.69, 9.17) is 16.3 Å². The number of benzene rings is 3. The number of hydrogen-bond donors (Lipinski definition) is 0. The molecule has 2 aliphatic rings. The number of ketones is 1. The van der Waals surface area contributed by atoms with Crippen molar-refractivity contribution in [1.29, 1.82) is 0 Å². The Balaban J connectivity index is 1.27. The molecule has 0 aromatic heterocycles. The maximum atomic E-state index is 13.3. The summed E-state index contributed by atoms with van der Waals surface area (Å²) >= 11 is 5.83. The monoisotopic (exact) mass is 547 g/mol. The van der Waals surface area contributed by atoms with Crippen LogP contribution in [0.3, 0.4) is 0 Å². The predicted octanol–water partition coefficient (Wildman–Crippen LogP) is 5.94. The average Bonchev–Trinajstić information content (AvgIpc) is 3.22. The van der Waals surface area contributed by atoms with Crippen molar-refractivity contribution < 1.29 is 28.3 Å². The summed E-state index contributed by atoms with van der Waals surface area (Å²) in [5.74, 6) is -2.52. The molecule has 1 heterocycles. The van der Waals surface area contributed by atoms with E-state index in [1.54, 1.807) is 0 Å². The Hall–Kier alpha value is -3.84. The smallest absolute Gasteiger partial charge is 0.338 e. The van der Waals surface area contributed by atoms with Crippen LogP contribution in [0.4, 0.5) is 10.1 Å². The number of anilines is 1. The van der Waals surface area contributed by atoms with Crippen molar-refractivity contribution in [2.45, 2.75) is 37.7 Å². The van der Waals surface area contributed by atoms with Gasteiger partial charge < -0.3 is 4.74 Å². The van der Waals surface area contributed by atoms with Gasteiger partial charge >= 0.3 is 5.97 Å². The highest BCUT2D eigenvalue weighted by Crippen LogP contribution is 2.45. The Bertz CT molecular complexity index is 1380. The van der Waals surface area contributed by atoms with Gasteiger partial charge in [-0.3, -0.25) is 19.3 Å². The summed E-state index contributed by atoms with van der Waals surface area (Å²) in [6.07, 6.45) is 1.08. The lowest BCUT2D eigenvalue weighted by Crippen LogP contribution is -2.31. The van der Waals surface area contributed by atoms with Crippen molar-refractivity contribution in [3.8, 4) is 0 Å². The first kappa shape index (κ1) is 26.8. The Morgan fingerprint density at radius 2 is 1.51 bits per heavy atom. The second kappa shape index (κ2) is 11.5. The van der Waals surface area contributed by atoms with Crippen LogP contribution >= 0.6 is 11.6 Å². The zero-order valence-electron chi connectivity index (χ0n) is 21.1. The Kier molecular flexibility index (Phi) is 7.89. The maximum absolute atomic E-state index is 13.3. The van der Waals surface area contributed by atoms with Crippen LogP contribution in [0.15, 0.2) is 78.9 Å². The van der Waals surface area contributed by atoms with Gasteiger partial charge in [0.25, 0.3) is 0 Å². The maximum Gasteiger partial charge on any atom is 0.338 e. The van der Waals surface area contributed by atoms with E-state index in [0.717, 1.165) is 18.6 Å². The fraction of sp³-hybridized carbons (Fsp3) is 0.290. The van der Waals surface area contributed by atoms with Crippen LogP contribution in [-0.2, 0) is 14.3 Å². The second-order valence-corrected chi connectivity index (χ2v) is 10.3. The zero-order valence-corrected chi connectivity index (χ0v) is 21.9. The Labute approximate surface area is 230 Å². The summed E-state index contributed by atoms with van der Waals surface area (Å²) in [7, 11) is 0. The topological polar surface area (TPSA) is 80.8 Å². The van der Waals surface area contributed by atoms with Crippen LogP contribution in [0.1, 0.15) is 57.9 Å². The number of halogens is 2. The number of carbonyl (C=O) groups is 4. The highest BCUT2D eigenvalue weighted by atomic mass is 35.5. The quantitative estimate of drug-likeness (QED) is 0.151. The van der Waals surface area contributed by atoms with Crippen molar-refractivity contribution >= 4 is 40.9 Å². The van der Waals surface area contributed by atoms with Crippen LogP contribution in [0.2, 0.25) is 0 Å². The number of alkyl halides is 1. The van der Waals surface area contributed by atoms with E-state index in [-0.39, 0.29) is 53.0 Å². The van der Waals surface area contributed by atoms with Crippen molar-refractivity contribution in [1.82, 2.24) is 0 Å². The number of fused-ring (bicyclic) bond motifs is 1. The van der Waals surface area contributed by atoms with Gasteiger partial charge in [0.2, 0.25) is 17.6 Å². The lowest BCUT2D eigenvalue weighted by Gasteiger charge is -2.28. The van der Waals surface area contributed by atoms with Gasteiger partial charge in [-0.05, 0) is 79.3 Å². The lowest BCUT2D eigenvalue weighted by atomic mass is 9.73. The molecule has 4 atom stereocenters. The van der Waals surface area contributed by atoms with E-state index in [1.165, 1.54) is 46.9 Å². The third-order valence-electron chi connectivity index (χ3n) is 7.60. The average molecular weight is 548 g/mol. The number of rotatable bonds is 8. The van der Waals surface area contributed by atoms with Crippen LogP contribution in [0.25, 0.3) is 0 Å². The number of ether oxygens (including phenoxy) is 1. The van der Waals surface area contributed by atoms with Crippen LogP contribution in [-0.4, -0.2) is 35.6 Å². The first-order chi connectivity index (χ1) is 18.9. The van der Waals surface area contributed by atoms with E-state index in [0.29, 0.717) is 18.5 Å². The standard InChI is InChI=1S/C31H27ClFNO5/c32-17-16-27(28(35)20-6-11-23(33)12-7-20)39-31(38)21-8-13-24(14-9-21)34-29(36)25-15-10-22(18-26(25)30(34)37)19-4-2-1-3-5-19/h1-9,11-14,22,25-27H,10,15-18H2/t22-,25-,26-,27+/m1/s1. The van der Waals surface area contributed by atoms with Crippen molar-refractivity contribution in [3.05, 3.63) is 101 Å². The number of Topliss-reactive ketones (excluding diaryl/α,β-unsaturated/α-hetero) is 1. The van der Waals surface area contributed by atoms with Gasteiger partial charge in [-0.25, -0.2) is 9.18 Å². The molecule has 0 radical (unpaired) electrons. The van der Waals surface area contributed by atoms with Crippen LogP contribution in [0.5, 0.6) is 0 Å². The number of amides is 2. The number of nitrogens with zero attached hydrogens (tertiary/aromatic N) is 1.